The van der Waals surface area contributed by atoms with Crippen LogP contribution in [0.15, 0.2) is 22.6 Å². The normalized spacial score (nSPS) is 10.6. The predicted octanol–water partition coefficient (Wildman–Crippen LogP) is 2.53. The van der Waals surface area contributed by atoms with Gasteiger partial charge in [0.1, 0.15) is 11.3 Å². The molecule has 1 heterocycles. The summed E-state index contributed by atoms with van der Waals surface area (Å²) in [5, 5.41) is 3.17. The van der Waals surface area contributed by atoms with Crippen LogP contribution in [0.3, 0.4) is 0 Å². The summed E-state index contributed by atoms with van der Waals surface area (Å²) in [6.45, 7) is 4.06. The molecule has 0 fully saturated rings. The quantitative estimate of drug-likeness (QED) is 0.856. The van der Waals surface area contributed by atoms with E-state index >= 15 is 0 Å². The van der Waals surface area contributed by atoms with Crippen LogP contribution >= 0.6 is 0 Å². The number of anilines is 1. The zero-order chi connectivity index (χ0) is 11.5. The van der Waals surface area contributed by atoms with Crippen molar-refractivity contribution in [1.29, 1.82) is 0 Å². The van der Waals surface area contributed by atoms with E-state index in [1.54, 1.807) is 6.92 Å². The summed E-state index contributed by atoms with van der Waals surface area (Å²) in [6, 6.07) is 5.73. The summed E-state index contributed by atoms with van der Waals surface area (Å²) in [5.41, 5.74) is 2.59. The number of carbonyl (C=O) groups excluding carboxylic acids is 1. The van der Waals surface area contributed by atoms with E-state index in [1.165, 1.54) is 0 Å². The minimum atomic E-state index is 0.186. The highest BCUT2D eigenvalue weighted by molar-refractivity contribution is 5.78. The van der Waals surface area contributed by atoms with E-state index in [9.17, 15) is 4.79 Å². The van der Waals surface area contributed by atoms with Crippen molar-refractivity contribution in [3.05, 3.63) is 24.1 Å². The fraction of sp³-hybridized carbons (Fsp3) is 0.333. The maximum absolute atomic E-state index is 10.8. The second-order valence-corrected chi connectivity index (χ2v) is 3.79. The first-order valence-corrected chi connectivity index (χ1v) is 5.25. The fourth-order valence-corrected chi connectivity index (χ4v) is 1.54. The number of Topliss-reactive ketones (excluding diaryl/α,β-unsaturated/α-hetero) is 1. The molecule has 1 aromatic heterocycles. The van der Waals surface area contributed by atoms with Crippen LogP contribution in [0.25, 0.3) is 11.1 Å². The van der Waals surface area contributed by atoms with E-state index < -0.39 is 0 Å². The van der Waals surface area contributed by atoms with Crippen LogP contribution in [-0.4, -0.2) is 17.3 Å². The number of carbonyl (C=O) groups is 1. The van der Waals surface area contributed by atoms with E-state index in [1.807, 2.05) is 25.1 Å². The van der Waals surface area contributed by atoms with E-state index in [-0.39, 0.29) is 5.78 Å². The molecule has 0 unspecified atom stereocenters. The Labute approximate surface area is 93.7 Å². The average Bonchev–Trinajstić information content (AvgIpc) is 2.56. The van der Waals surface area contributed by atoms with Gasteiger partial charge >= 0.3 is 0 Å². The zero-order valence-corrected chi connectivity index (χ0v) is 9.41. The number of aryl methyl sites for hydroxylation is 1. The molecule has 0 aliphatic carbocycles. The lowest BCUT2D eigenvalue weighted by atomic mass is 10.2. The lowest BCUT2D eigenvalue weighted by molar-refractivity contribution is -0.116. The summed E-state index contributed by atoms with van der Waals surface area (Å²) in [4.78, 5) is 15.0. The van der Waals surface area contributed by atoms with Gasteiger partial charge in [0, 0.05) is 25.6 Å². The molecule has 16 heavy (non-hydrogen) atoms. The Morgan fingerprint density at radius 3 is 3.06 bits per heavy atom. The Hall–Kier alpha value is -1.84. The molecule has 0 amide bonds. The van der Waals surface area contributed by atoms with E-state index in [0.29, 0.717) is 18.9 Å². The molecule has 4 nitrogen and oxygen atoms in total. The second-order valence-electron chi connectivity index (χ2n) is 3.79. The molecule has 0 aliphatic rings. The molecular weight excluding hydrogens is 204 g/mol. The molecular formula is C12H14N2O2. The standard InChI is InChI=1S/C12H14N2O2/c1-8(15)5-6-13-10-3-4-12-11(7-10)14-9(2)16-12/h3-4,7,13H,5-6H2,1-2H3. The van der Waals surface area contributed by atoms with Crippen molar-refractivity contribution in [2.75, 3.05) is 11.9 Å². The van der Waals surface area contributed by atoms with Crippen molar-refractivity contribution >= 4 is 22.6 Å². The van der Waals surface area contributed by atoms with Gasteiger partial charge in [-0.15, -0.1) is 0 Å². The van der Waals surface area contributed by atoms with Crippen molar-refractivity contribution in [2.45, 2.75) is 20.3 Å². The Morgan fingerprint density at radius 2 is 2.31 bits per heavy atom. The first-order valence-electron chi connectivity index (χ1n) is 5.25. The second kappa shape index (κ2) is 4.35. The molecule has 2 aromatic rings. The summed E-state index contributed by atoms with van der Waals surface area (Å²) in [6.07, 6.45) is 0.538. The maximum Gasteiger partial charge on any atom is 0.192 e. The Kier molecular flexibility index (Phi) is 2.90. The zero-order valence-electron chi connectivity index (χ0n) is 9.41. The molecule has 0 aliphatic heterocycles. The summed E-state index contributed by atoms with van der Waals surface area (Å²) in [7, 11) is 0. The molecule has 0 bridgehead atoms. The lowest BCUT2D eigenvalue weighted by Crippen LogP contribution is -2.05. The van der Waals surface area contributed by atoms with Crippen molar-refractivity contribution < 1.29 is 9.21 Å². The highest BCUT2D eigenvalue weighted by Crippen LogP contribution is 2.19. The van der Waals surface area contributed by atoms with Crippen molar-refractivity contribution in [3.8, 4) is 0 Å². The summed E-state index contributed by atoms with van der Waals surface area (Å²) >= 11 is 0. The molecule has 0 atom stereocenters. The number of nitrogens with one attached hydrogen (secondary N) is 1. The number of nitrogens with zero attached hydrogens (tertiary/aromatic N) is 1. The minimum absolute atomic E-state index is 0.186. The summed E-state index contributed by atoms with van der Waals surface area (Å²) < 4.78 is 5.37. The number of ketones is 1. The number of aromatic nitrogens is 1. The first-order chi connectivity index (χ1) is 7.65. The number of hydrogen-bond acceptors (Lipinski definition) is 4. The molecule has 1 N–H and O–H groups in total. The molecule has 0 saturated heterocycles. The van der Waals surface area contributed by atoms with Gasteiger partial charge in [0.2, 0.25) is 0 Å². The average molecular weight is 218 g/mol. The molecule has 0 radical (unpaired) electrons. The van der Waals surface area contributed by atoms with Crippen LogP contribution in [0.1, 0.15) is 19.2 Å². The summed E-state index contributed by atoms with van der Waals surface area (Å²) in [5.74, 6) is 0.849. The molecule has 84 valence electrons. The third-order valence-corrected chi connectivity index (χ3v) is 2.30. The van der Waals surface area contributed by atoms with Crippen LogP contribution in [0, 0.1) is 6.92 Å². The van der Waals surface area contributed by atoms with Crippen LogP contribution in [0.5, 0.6) is 0 Å². The molecule has 2 rings (SSSR count). The highest BCUT2D eigenvalue weighted by atomic mass is 16.3. The van der Waals surface area contributed by atoms with Gasteiger partial charge in [-0.2, -0.15) is 0 Å². The third-order valence-electron chi connectivity index (χ3n) is 2.30. The largest absolute Gasteiger partial charge is 0.441 e. The van der Waals surface area contributed by atoms with E-state index in [0.717, 1.165) is 16.8 Å². The Bertz CT molecular complexity index is 517. The molecule has 1 aromatic carbocycles. The van der Waals surface area contributed by atoms with Crippen molar-refractivity contribution in [3.63, 3.8) is 0 Å². The minimum Gasteiger partial charge on any atom is -0.441 e. The lowest BCUT2D eigenvalue weighted by Gasteiger charge is -2.03. The fourth-order valence-electron chi connectivity index (χ4n) is 1.54. The van der Waals surface area contributed by atoms with Crippen molar-refractivity contribution in [2.24, 2.45) is 0 Å². The monoisotopic (exact) mass is 218 g/mol. The third kappa shape index (κ3) is 2.39. The molecule has 4 heteroatoms. The van der Waals surface area contributed by atoms with Crippen LogP contribution < -0.4 is 5.32 Å². The van der Waals surface area contributed by atoms with E-state index in [4.69, 9.17) is 4.42 Å². The molecule has 0 saturated carbocycles. The van der Waals surface area contributed by atoms with Crippen LogP contribution in [0.2, 0.25) is 0 Å². The number of hydrogen-bond donors (Lipinski definition) is 1. The maximum atomic E-state index is 10.8. The Balaban J connectivity index is 2.10. The molecule has 0 spiro atoms. The van der Waals surface area contributed by atoms with Gasteiger partial charge in [-0.25, -0.2) is 4.98 Å². The van der Waals surface area contributed by atoms with Gasteiger partial charge in [-0.05, 0) is 25.1 Å². The van der Waals surface area contributed by atoms with Crippen LogP contribution in [0.4, 0.5) is 5.69 Å². The number of fused-ring (bicyclic) bond motifs is 1. The smallest absolute Gasteiger partial charge is 0.192 e. The van der Waals surface area contributed by atoms with Gasteiger partial charge in [0.05, 0.1) is 0 Å². The van der Waals surface area contributed by atoms with Gasteiger partial charge in [0.25, 0.3) is 0 Å². The number of rotatable bonds is 4. The Morgan fingerprint density at radius 1 is 1.50 bits per heavy atom. The van der Waals surface area contributed by atoms with Crippen molar-refractivity contribution in [1.82, 2.24) is 4.98 Å². The van der Waals surface area contributed by atoms with Crippen LogP contribution in [-0.2, 0) is 4.79 Å². The van der Waals surface area contributed by atoms with Gasteiger partial charge in [0.15, 0.2) is 11.5 Å². The topological polar surface area (TPSA) is 55.1 Å². The predicted molar refractivity (Wildman–Crippen MR) is 62.5 cm³/mol. The highest BCUT2D eigenvalue weighted by Gasteiger charge is 2.02. The number of oxazole rings is 1. The first kappa shape index (κ1) is 10.7. The number of benzene rings is 1. The van der Waals surface area contributed by atoms with Gasteiger partial charge < -0.3 is 9.73 Å². The van der Waals surface area contributed by atoms with Gasteiger partial charge in [-0.3, -0.25) is 4.79 Å². The van der Waals surface area contributed by atoms with E-state index in [2.05, 4.69) is 10.3 Å². The SMILES string of the molecule is CC(=O)CCNc1ccc2oc(C)nc2c1. The van der Waals surface area contributed by atoms with Gasteiger partial charge in [-0.1, -0.05) is 0 Å².